The summed E-state index contributed by atoms with van der Waals surface area (Å²) in [6.07, 6.45) is 3.35. The predicted octanol–water partition coefficient (Wildman–Crippen LogP) is 1.69. The molecule has 2 aliphatic rings. The van der Waals surface area contributed by atoms with E-state index in [9.17, 15) is 9.59 Å². The van der Waals surface area contributed by atoms with Gasteiger partial charge in [0.15, 0.2) is 0 Å². The number of carbonyl (C=O) groups excluding carboxylic acids is 1. The molecule has 2 saturated heterocycles. The van der Waals surface area contributed by atoms with Crippen molar-refractivity contribution in [3.05, 3.63) is 0 Å². The molecule has 2 unspecified atom stereocenters. The number of rotatable bonds is 3. The third kappa shape index (κ3) is 2.74. The first-order valence-electron chi connectivity index (χ1n) is 6.49. The zero-order chi connectivity index (χ0) is 13.1. The van der Waals surface area contributed by atoms with Gasteiger partial charge in [-0.25, -0.2) is 9.59 Å². The fraction of sp³-hybridized carbons (Fsp3) is 0.833. The molecule has 2 amide bonds. The molecule has 0 aromatic rings. The molecule has 18 heavy (non-hydrogen) atoms. The van der Waals surface area contributed by atoms with Gasteiger partial charge in [-0.2, -0.15) is 0 Å². The lowest BCUT2D eigenvalue weighted by Gasteiger charge is -2.26. The molecule has 0 aromatic heterocycles. The van der Waals surface area contributed by atoms with Crippen molar-refractivity contribution >= 4 is 23.8 Å². The first-order valence-corrected chi connectivity index (χ1v) is 7.65. The second-order valence-electron chi connectivity index (χ2n) is 5.00. The molecule has 2 rings (SSSR count). The van der Waals surface area contributed by atoms with Crippen LogP contribution in [0, 0.1) is 5.92 Å². The molecule has 2 atom stereocenters. The molecular weight excluding hydrogens is 252 g/mol. The Morgan fingerprint density at radius 1 is 1.44 bits per heavy atom. The van der Waals surface area contributed by atoms with Gasteiger partial charge in [0.05, 0.1) is 5.88 Å². The van der Waals surface area contributed by atoms with Crippen LogP contribution in [0.15, 0.2) is 0 Å². The summed E-state index contributed by atoms with van der Waals surface area (Å²) in [5.74, 6) is 0.716. The number of hydrogen-bond donors (Lipinski definition) is 1. The maximum Gasteiger partial charge on any atom is 0.327 e. The van der Waals surface area contributed by atoms with Crippen molar-refractivity contribution in [3.63, 3.8) is 0 Å². The second-order valence-corrected chi connectivity index (χ2v) is 6.00. The highest BCUT2D eigenvalue weighted by molar-refractivity contribution is 7.99. The number of likely N-dealkylation sites (tertiary alicyclic amines) is 1. The van der Waals surface area contributed by atoms with Crippen molar-refractivity contribution in [1.82, 2.24) is 9.80 Å². The standard InChI is InChI=1S/C12H20N2O3S/c1-2-3-9-4-5-13(6-9)12(17)14-8-18-7-10(14)11(15)16/h9-10H,2-8H2,1H3,(H,15,16). The molecular formula is C12H20N2O3S. The highest BCUT2D eigenvalue weighted by Crippen LogP contribution is 2.26. The summed E-state index contributed by atoms with van der Waals surface area (Å²) in [5, 5.41) is 9.09. The van der Waals surface area contributed by atoms with Crippen LogP contribution < -0.4 is 0 Å². The lowest BCUT2D eigenvalue weighted by Crippen LogP contribution is -2.48. The Bertz CT molecular complexity index is 337. The normalized spacial score (nSPS) is 27.8. The van der Waals surface area contributed by atoms with Gasteiger partial charge in [0, 0.05) is 18.8 Å². The van der Waals surface area contributed by atoms with E-state index in [1.807, 2.05) is 4.90 Å². The SMILES string of the molecule is CCCC1CCN(C(=O)N2CSCC2C(=O)O)C1. The van der Waals surface area contributed by atoms with Gasteiger partial charge in [-0.05, 0) is 18.8 Å². The summed E-state index contributed by atoms with van der Waals surface area (Å²) in [5.41, 5.74) is 0. The van der Waals surface area contributed by atoms with Crippen LogP contribution in [0.2, 0.25) is 0 Å². The molecule has 6 heteroatoms. The monoisotopic (exact) mass is 272 g/mol. The van der Waals surface area contributed by atoms with E-state index >= 15 is 0 Å². The van der Waals surface area contributed by atoms with E-state index in [1.54, 1.807) is 0 Å². The van der Waals surface area contributed by atoms with Crippen LogP contribution in [0.25, 0.3) is 0 Å². The highest BCUT2D eigenvalue weighted by Gasteiger charge is 2.38. The van der Waals surface area contributed by atoms with Crippen molar-refractivity contribution in [2.45, 2.75) is 32.2 Å². The minimum absolute atomic E-state index is 0.0917. The number of hydrogen-bond acceptors (Lipinski definition) is 3. The van der Waals surface area contributed by atoms with Crippen molar-refractivity contribution in [2.75, 3.05) is 24.7 Å². The molecule has 0 spiro atoms. The molecule has 2 fully saturated rings. The van der Waals surface area contributed by atoms with Crippen LogP contribution >= 0.6 is 11.8 Å². The van der Waals surface area contributed by atoms with E-state index in [-0.39, 0.29) is 6.03 Å². The number of nitrogens with zero attached hydrogens (tertiary/aromatic N) is 2. The summed E-state index contributed by atoms with van der Waals surface area (Å²) in [4.78, 5) is 26.7. The van der Waals surface area contributed by atoms with Gasteiger partial charge < -0.3 is 14.9 Å². The van der Waals surface area contributed by atoms with E-state index in [1.165, 1.54) is 16.7 Å². The zero-order valence-electron chi connectivity index (χ0n) is 10.7. The van der Waals surface area contributed by atoms with E-state index < -0.39 is 12.0 Å². The second kappa shape index (κ2) is 5.82. The minimum Gasteiger partial charge on any atom is -0.480 e. The molecule has 5 nitrogen and oxygen atoms in total. The van der Waals surface area contributed by atoms with Gasteiger partial charge >= 0.3 is 12.0 Å². The van der Waals surface area contributed by atoms with Gasteiger partial charge in [-0.3, -0.25) is 0 Å². The summed E-state index contributed by atoms with van der Waals surface area (Å²) in [6.45, 7) is 3.72. The Balaban J connectivity index is 1.93. The number of carbonyl (C=O) groups is 2. The predicted molar refractivity (Wildman–Crippen MR) is 70.6 cm³/mol. The van der Waals surface area contributed by atoms with Gasteiger partial charge in [-0.1, -0.05) is 13.3 Å². The number of carboxylic acids is 1. The van der Waals surface area contributed by atoms with Gasteiger partial charge in [0.1, 0.15) is 6.04 Å². The van der Waals surface area contributed by atoms with Crippen LogP contribution in [-0.4, -0.2) is 57.7 Å². The summed E-state index contributed by atoms with van der Waals surface area (Å²) < 4.78 is 0. The molecule has 1 N–H and O–H groups in total. The van der Waals surface area contributed by atoms with Crippen LogP contribution in [0.3, 0.4) is 0 Å². The summed E-state index contributed by atoms with van der Waals surface area (Å²) >= 11 is 1.51. The number of carboxylic acid groups (broad SMARTS) is 1. The van der Waals surface area contributed by atoms with Gasteiger partial charge in [-0.15, -0.1) is 11.8 Å². The molecule has 0 aliphatic carbocycles. The Morgan fingerprint density at radius 3 is 2.89 bits per heavy atom. The third-order valence-electron chi connectivity index (χ3n) is 3.67. The van der Waals surface area contributed by atoms with Gasteiger partial charge in [0.25, 0.3) is 0 Å². The van der Waals surface area contributed by atoms with E-state index in [4.69, 9.17) is 5.11 Å². The number of urea groups is 1. The zero-order valence-corrected chi connectivity index (χ0v) is 11.5. The van der Waals surface area contributed by atoms with Crippen LogP contribution in [0.5, 0.6) is 0 Å². The minimum atomic E-state index is -0.891. The molecule has 0 bridgehead atoms. The molecule has 0 radical (unpaired) electrons. The Labute approximate surface area is 112 Å². The van der Waals surface area contributed by atoms with E-state index in [0.29, 0.717) is 17.5 Å². The average molecular weight is 272 g/mol. The Morgan fingerprint density at radius 2 is 2.22 bits per heavy atom. The molecule has 2 aliphatic heterocycles. The molecule has 0 saturated carbocycles. The van der Waals surface area contributed by atoms with Crippen LogP contribution in [-0.2, 0) is 4.79 Å². The fourth-order valence-electron chi connectivity index (χ4n) is 2.67. The first kappa shape index (κ1) is 13.5. The molecule has 0 aromatic carbocycles. The fourth-order valence-corrected chi connectivity index (χ4v) is 3.81. The topological polar surface area (TPSA) is 60.9 Å². The smallest absolute Gasteiger partial charge is 0.327 e. The van der Waals surface area contributed by atoms with E-state index in [0.717, 1.165) is 32.4 Å². The first-order chi connectivity index (χ1) is 8.63. The van der Waals surface area contributed by atoms with Crippen LogP contribution in [0.4, 0.5) is 4.79 Å². The lowest BCUT2D eigenvalue weighted by atomic mass is 10.0. The largest absolute Gasteiger partial charge is 0.480 e. The number of amides is 2. The summed E-state index contributed by atoms with van der Waals surface area (Å²) in [7, 11) is 0. The molecule has 2 heterocycles. The van der Waals surface area contributed by atoms with Crippen molar-refractivity contribution in [3.8, 4) is 0 Å². The average Bonchev–Trinajstić information content (AvgIpc) is 2.96. The van der Waals surface area contributed by atoms with E-state index in [2.05, 4.69) is 6.92 Å². The lowest BCUT2D eigenvalue weighted by molar-refractivity contribution is -0.140. The Kier molecular flexibility index (Phi) is 4.37. The van der Waals surface area contributed by atoms with Crippen molar-refractivity contribution in [1.29, 1.82) is 0 Å². The maximum atomic E-state index is 12.3. The molecule has 102 valence electrons. The number of thioether (sulfide) groups is 1. The van der Waals surface area contributed by atoms with Crippen molar-refractivity contribution < 1.29 is 14.7 Å². The maximum absolute atomic E-state index is 12.3. The third-order valence-corrected chi connectivity index (χ3v) is 4.68. The number of aliphatic carboxylic acids is 1. The Hall–Kier alpha value is -0.910. The quantitative estimate of drug-likeness (QED) is 0.849. The highest BCUT2D eigenvalue weighted by atomic mass is 32.2. The summed E-state index contributed by atoms with van der Waals surface area (Å²) in [6, 6.07) is -0.737. The van der Waals surface area contributed by atoms with Crippen molar-refractivity contribution in [2.24, 2.45) is 5.92 Å². The van der Waals surface area contributed by atoms with Crippen LogP contribution in [0.1, 0.15) is 26.2 Å². The van der Waals surface area contributed by atoms with Gasteiger partial charge in [0.2, 0.25) is 0 Å².